The molecule has 1 aromatic heterocycles. The summed E-state index contributed by atoms with van der Waals surface area (Å²) >= 11 is 2.08. The number of hydrogen-bond acceptors (Lipinski definition) is 7. The van der Waals surface area contributed by atoms with Crippen molar-refractivity contribution < 1.29 is 31.9 Å². The number of carbonyl (C=O) groups is 1. The predicted molar refractivity (Wildman–Crippen MR) is 149 cm³/mol. The van der Waals surface area contributed by atoms with Gasteiger partial charge in [0.1, 0.15) is 4.90 Å². The van der Waals surface area contributed by atoms with Crippen LogP contribution in [0.5, 0.6) is 0 Å². The summed E-state index contributed by atoms with van der Waals surface area (Å²) in [5.74, 6) is -3.80. The number of aryl methyl sites for hydroxylation is 1. The molecule has 0 unspecified atom stereocenters. The third kappa shape index (κ3) is 7.69. The molecule has 0 bridgehead atoms. The van der Waals surface area contributed by atoms with E-state index >= 15 is 8.78 Å². The van der Waals surface area contributed by atoms with Crippen LogP contribution >= 0.6 is 22.6 Å². The largest absolute Gasteiger partial charge is 0.396 e. The van der Waals surface area contributed by atoms with Crippen LogP contribution in [-0.4, -0.2) is 37.6 Å². The number of rotatable bonds is 13. The number of halogens is 3. The Morgan fingerprint density at radius 2 is 1.90 bits per heavy atom. The van der Waals surface area contributed by atoms with Crippen LogP contribution in [0.2, 0.25) is 0 Å². The van der Waals surface area contributed by atoms with Gasteiger partial charge in [-0.3, -0.25) is 14.6 Å². The van der Waals surface area contributed by atoms with Crippen molar-refractivity contribution in [3.63, 3.8) is 0 Å². The Morgan fingerprint density at radius 1 is 1.15 bits per heavy atom. The predicted octanol–water partition coefficient (Wildman–Crippen LogP) is 4.18. The molecule has 9 nitrogen and oxygen atoms in total. The number of sulfonamides is 1. The van der Waals surface area contributed by atoms with Crippen molar-refractivity contribution in [1.82, 2.24) is 15.2 Å². The van der Waals surface area contributed by atoms with E-state index in [-0.39, 0.29) is 19.8 Å². The van der Waals surface area contributed by atoms with Crippen molar-refractivity contribution in [1.29, 1.82) is 0 Å². The van der Waals surface area contributed by atoms with Gasteiger partial charge in [0.25, 0.3) is 5.91 Å². The number of hydrogen-bond donors (Lipinski definition) is 4. The maximum absolute atomic E-state index is 15.4. The quantitative estimate of drug-likeness (QED) is 0.158. The number of amides is 1. The molecule has 13 heteroatoms. The van der Waals surface area contributed by atoms with E-state index in [0.29, 0.717) is 35.7 Å². The molecule has 0 saturated heterocycles. The molecule has 4 N–H and O–H groups in total. The summed E-state index contributed by atoms with van der Waals surface area (Å²) < 4.78 is 60.1. The Kier molecular flexibility index (Phi) is 9.82. The number of aliphatic hydroxyl groups excluding tert-OH is 1. The van der Waals surface area contributed by atoms with Crippen molar-refractivity contribution in [2.75, 3.05) is 18.5 Å². The minimum Gasteiger partial charge on any atom is -0.396 e. The van der Waals surface area contributed by atoms with Crippen LogP contribution in [0, 0.1) is 21.1 Å². The van der Waals surface area contributed by atoms with Gasteiger partial charge in [0.15, 0.2) is 11.6 Å². The fraction of sp³-hybridized carbons (Fsp3) is 0.308. The Morgan fingerprint density at radius 3 is 2.59 bits per heavy atom. The zero-order valence-electron chi connectivity index (χ0n) is 20.7. The van der Waals surface area contributed by atoms with Gasteiger partial charge in [0.2, 0.25) is 10.0 Å². The van der Waals surface area contributed by atoms with Gasteiger partial charge >= 0.3 is 0 Å². The molecule has 0 spiro atoms. The van der Waals surface area contributed by atoms with Gasteiger partial charge in [0, 0.05) is 22.1 Å². The molecule has 1 saturated carbocycles. The summed E-state index contributed by atoms with van der Waals surface area (Å²) in [4.78, 5) is 21.3. The fourth-order valence-corrected chi connectivity index (χ4v) is 5.15. The number of pyridine rings is 1. The lowest BCUT2D eigenvalue weighted by atomic mass is 10.1. The minimum absolute atomic E-state index is 0.0532. The maximum atomic E-state index is 15.4. The number of nitrogens with one attached hydrogen (secondary N) is 3. The van der Waals surface area contributed by atoms with E-state index < -0.39 is 43.7 Å². The summed E-state index contributed by atoms with van der Waals surface area (Å²) in [5, 5.41) is 11.8. The van der Waals surface area contributed by atoms with E-state index in [1.165, 1.54) is 6.20 Å². The normalized spacial score (nSPS) is 13.3. The Bertz CT molecular complexity index is 1440. The monoisotopic (exact) mass is 672 g/mol. The first-order valence-corrected chi connectivity index (χ1v) is 14.8. The lowest BCUT2D eigenvalue weighted by Gasteiger charge is -2.17. The molecule has 4 rings (SSSR count). The minimum atomic E-state index is -4.63. The zero-order chi connectivity index (χ0) is 28.0. The van der Waals surface area contributed by atoms with E-state index in [1.807, 2.05) is 0 Å². The molecule has 1 fully saturated rings. The zero-order valence-corrected chi connectivity index (χ0v) is 23.7. The molecule has 0 radical (unpaired) electrons. The summed E-state index contributed by atoms with van der Waals surface area (Å²) in [6.45, 7) is -0.104. The smallest absolute Gasteiger partial charge is 0.277 e. The average molecular weight is 672 g/mol. The second-order valence-electron chi connectivity index (χ2n) is 9.00. The van der Waals surface area contributed by atoms with Crippen LogP contribution in [-0.2, 0) is 27.8 Å². The topological polar surface area (TPSA) is 130 Å². The van der Waals surface area contributed by atoms with Gasteiger partial charge in [-0.15, -0.1) is 0 Å². The van der Waals surface area contributed by atoms with E-state index in [1.54, 1.807) is 36.4 Å². The second kappa shape index (κ2) is 13.1. The van der Waals surface area contributed by atoms with E-state index in [9.17, 15) is 13.2 Å². The number of benzene rings is 2. The Hall–Kier alpha value is -2.72. The molecule has 1 heterocycles. The molecule has 1 amide bonds. The van der Waals surface area contributed by atoms with Gasteiger partial charge in [-0.2, -0.15) is 0 Å². The number of hydroxylamine groups is 1. The maximum Gasteiger partial charge on any atom is 0.277 e. The Labute approximate surface area is 238 Å². The van der Waals surface area contributed by atoms with Crippen molar-refractivity contribution >= 4 is 49.9 Å². The van der Waals surface area contributed by atoms with Crippen LogP contribution < -0.4 is 15.5 Å². The molecule has 1 aliphatic carbocycles. The first kappa shape index (κ1) is 29.3. The van der Waals surface area contributed by atoms with Gasteiger partial charge in [-0.1, -0.05) is 6.07 Å². The molecule has 208 valence electrons. The summed E-state index contributed by atoms with van der Waals surface area (Å²) in [6, 6.07) is 10.9. The third-order valence-electron chi connectivity index (χ3n) is 6.02. The molecular weight excluding hydrogens is 645 g/mol. The highest BCUT2D eigenvalue weighted by atomic mass is 127. The third-order valence-corrected chi connectivity index (χ3v) is 8.14. The molecule has 1 aliphatic rings. The highest BCUT2D eigenvalue weighted by Gasteiger charge is 2.30. The van der Waals surface area contributed by atoms with Crippen molar-refractivity contribution in [2.24, 2.45) is 5.92 Å². The number of nitrogens with zero attached hydrogens (tertiary/aromatic N) is 1. The van der Waals surface area contributed by atoms with Crippen LogP contribution in [0.4, 0.5) is 20.2 Å². The highest BCUT2D eigenvalue weighted by Crippen LogP contribution is 2.32. The van der Waals surface area contributed by atoms with Crippen molar-refractivity contribution in [3.8, 4) is 0 Å². The lowest BCUT2D eigenvalue weighted by molar-refractivity contribution is 0.0270. The van der Waals surface area contributed by atoms with E-state index in [0.717, 1.165) is 22.5 Å². The number of anilines is 2. The summed E-state index contributed by atoms with van der Waals surface area (Å²) in [7, 11) is -4.63. The summed E-state index contributed by atoms with van der Waals surface area (Å²) in [6.07, 6.45) is 4.30. The first-order valence-electron chi connectivity index (χ1n) is 12.2. The van der Waals surface area contributed by atoms with Crippen molar-refractivity contribution in [2.45, 2.75) is 37.1 Å². The SMILES string of the molecule is O=C(NOCC1CC1)c1cc(S(=O)(=O)NCc2ncccc2CCCO)c(F)c(F)c1Nc1ccc(I)cc1. The second-order valence-corrected chi connectivity index (χ2v) is 12.0. The van der Waals surface area contributed by atoms with Crippen LogP contribution in [0.15, 0.2) is 53.6 Å². The highest BCUT2D eigenvalue weighted by molar-refractivity contribution is 14.1. The molecule has 3 aromatic rings. The van der Waals surface area contributed by atoms with Gasteiger partial charge in [-0.25, -0.2) is 27.4 Å². The molecular formula is C26H27F2IN4O5S. The lowest BCUT2D eigenvalue weighted by Crippen LogP contribution is -2.29. The Balaban J connectivity index is 1.65. The fourth-order valence-electron chi connectivity index (χ4n) is 3.71. The molecule has 2 aromatic carbocycles. The van der Waals surface area contributed by atoms with Gasteiger partial charge < -0.3 is 10.4 Å². The van der Waals surface area contributed by atoms with E-state index in [4.69, 9.17) is 9.94 Å². The molecule has 0 atom stereocenters. The van der Waals surface area contributed by atoms with E-state index in [2.05, 4.69) is 43.1 Å². The standard InChI is InChI=1S/C26H27F2IN4O5S/c27-23-22(39(36,37)31-14-21-17(4-2-12-34)3-1-11-30-21)13-20(26(35)33-38-15-16-5-6-16)25(24(23)28)32-19-9-7-18(29)8-10-19/h1,3,7-11,13,16,31-32,34H,2,4-6,12,14-15H2,(H,33,35). The average Bonchev–Trinajstić information content (AvgIpc) is 3.75. The first-order chi connectivity index (χ1) is 18.7. The van der Waals surface area contributed by atoms with Crippen LogP contribution in [0.1, 0.15) is 40.9 Å². The number of aromatic nitrogens is 1. The van der Waals surface area contributed by atoms with Gasteiger partial charge in [-0.05, 0) is 96.2 Å². The molecule has 0 aliphatic heterocycles. The number of aliphatic hydroxyl groups is 1. The molecule has 39 heavy (non-hydrogen) atoms. The van der Waals surface area contributed by atoms with Gasteiger partial charge in [0.05, 0.1) is 30.1 Å². The van der Waals surface area contributed by atoms with Crippen LogP contribution in [0.3, 0.4) is 0 Å². The number of carbonyl (C=O) groups excluding carboxylic acids is 1. The van der Waals surface area contributed by atoms with Crippen LogP contribution in [0.25, 0.3) is 0 Å². The van der Waals surface area contributed by atoms with Crippen molar-refractivity contribution in [3.05, 3.63) is 80.7 Å². The summed E-state index contributed by atoms with van der Waals surface area (Å²) in [5.41, 5.74) is 2.65.